The molecule has 21 N–H and O–H groups in total. The van der Waals surface area contributed by atoms with Gasteiger partial charge in [-0.05, 0) is 62.4 Å². The standard InChI is InChI=1S/C59H76N18O23S2/c1-97-39-19-30(31(60)20-40(39)98-2)53(91)76-14-4-6-38(76)54-77(15-16-99-54)59(96)100-17-18-101-102-26-37(56(94)95)73-51(89)36(23-44(83)84)72-50(88)35(22-43(81)82)71-48(86)32(5-3-13-64-57(61)62)69-49(87)34(21-42(79)80)68-41(78)12-11-33(55(92)93)70-47(85)27-7-9-28(10-8-27)65-24-29-25-66-46-45(67-29)52(90)75-58(63)74-46/h7-10,19-20,25,32-38,54,65H,3-6,11-18,21-24,26,60H2,1-2H3,(H,68,78)(H,69,87)(H,70,85)(H,71,86)(H,72,88)(H,73,89)(H,79,80)(H,81,82)(H,83,84)(H,92,93)(H,94,95)(H4,61,62,64)(H3,63,66,74,75,90)/t32-,33-,34-,35-,36-,37-,38?,54?/m0/s1. The van der Waals surface area contributed by atoms with E-state index in [4.69, 9.17) is 41.6 Å². The molecule has 2 fully saturated rings. The summed E-state index contributed by atoms with van der Waals surface area (Å²) in [5.74, 6) is -16.7. The number of aliphatic carboxylic acids is 5. The highest BCUT2D eigenvalue weighted by molar-refractivity contribution is 8.76. The number of H-pyrrole nitrogens is 1. The summed E-state index contributed by atoms with van der Waals surface area (Å²) in [5.41, 5.74) is 17.6. The largest absolute Gasteiger partial charge is 0.493 e. The number of methoxy groups -OCH3 is 2. The third-order valence-corrected chi connectivity index (χ3v) is 17.6. The number of fused-ring (bicyclic) bond motifs is 1. The average molecular weight is 1470 g/mol. The van der Waals surface area contributed by atoms with Crippen LogP contribution in [0.3, 0.4) is 0 Å². The average Bonchev–Trinajstić information content (AvgIpc) is 1.55. The number of rotatable bonds is 39. The van der Waals surface area contributed by atoms with E-state index in [1.807, 2.05) is 5.32 Å². The van der Waals surface area contributed by atoms with Crippen LogP contribution in [0.15, 0.2) is 47.4 Å². The van der Waals surface area contributed by atoms with Gasteiger partial charge in [-0.3, -0.25) is 68.0 Å². The van der Waals surface area contributed by atoms with Gasteiger partial charge in [-0.15, -0.1) is 0 Å². The fourth-order valence-corrected chi connectivity index (χ4v) is 12.2. The maximum atomic E-state index is 14.0. The maximum Gasteiger partial charge on any atom is 0.412 e. The fraction of sp³-hybridized carbons (Fsp3) is 0.458. The number of guanidine groups is 1. The lowest BCUT2D eigenvalue weighted by atomic mass is 10.1. The quantitative estimate of drug-likeness (QED) is 0.00703. The van der Waals surface area contributed by atoms with Crippen molar-refractivity contribution in [3.05, 3.63) is 69.8 Å². The molecular formula is C59H76N18O23S2. The van der Waals surface area contributed by atoms with Crippen molar-refractivity contribution in [2.75, 3.05) is 75.4 Å². The highest BCUT2D eigenvalue weighted by Crippen LogP contribution is 2.35. The van der Waals surface area contributed by atoms with Gasteiger partial charge in [0.05, 0.1) is 76.7 Å². The minimum atomic E-state index is -2.18. The first kappa shape index (κ1) is 79.5. The number of likely N-dealkylation sites (tertiary alicyclic amines) is 1. The van der Waals surface area contributed by atoms with Crippen molar-refractivity contribution in [1.82, 2.24) is 67.0 Å². The predicted octanol–water partition coefficient (Wildman–Crippen LogP) is -2.85. The number of carbonyl (C=O) groups is 13. The van der Waals surface area contributed by atoms with Crippen molar-refractivity contribution in [3.8, 4) is 11.5 Å². The first-order valence-corrected chi connectivity index (χ1v) is 33.4. The molecule has 2 aliphatic heterocycles. The second-order valence-electron chi connectivity index (χ2n) is 22.5. The van der Waals surface area contributed by atoms with E-state index in [1.165, 1.54) is 61.7 Å². The van der Waals surface area contributed by atoms with E-state index in [0.29, 0.717) is 36.5 Å². The Morgan fingerprint density at radius 3 is 1.91 bits per heavy atom. The Hall–Kier alpha value is -11.5. The highest BCUT2D eigenvalue weighted by Gasteiger charge is 2.44. The third-order valence-electron chi connectivity index (χ3n) is 15.2. The number of nitrogens with two attached hydrogens (primary N) is 3. The SMILES string of the molecule is COc1cc(N)c(C(=O)N2CCCC2C2OCCN2C(=O)OCCSSC[C@H](NC(=O)[C@H](CC(=O)O)NC(=O)[C@H](CC(=O)O)NC(=O)[C@H](CCCNC(=N)N)NC(=O)[C@H](CC(=O)O)NC(=O)CC[C@H](NC(=O)c2ccc(NCc3cnc4nc(N)[nH]c(=O)c4n3)cc2)C(=O)O)C(=O)O)cc1OC. The second kappa shape index (κ2) is 38.2. The topological polar surface area (TPSA) is 636 Å². The van der Waals surface area contributed by atoms with E-state index >= 15 is 0 Å². The normalized spacial score (nSPS) is 15.7. The third kappa shape index (κ3) is 23.6. The van der Waals surface area contributed by atoms with E-state index in [9.17, 15) is 92.7 Å². The Morgan fingerprint density at radius 2 is 1.31 bits per heavy atom. The molecule has 4 heterocycles. The van der Waals surface area contributed by atoms with Crippen molar-refractivity contribution < 1.29 is 107 Å². The fourth-order valence-electron chi connectivity index (χ4n) is 10.2. The maximum absolute atomic E-state index is 14.0. The van der Waals surface area contributed by atoms with E-state index in [2.05, 4.69) is 57.2 Å². The first-order valence-electron chi connectivity index (χ1n) is 30.9. The number of anilines is 3. The molecule has 0 saturated carbocycles. The molecule has 0 aliphatic carbocycles. The minimum Gasteiger partial charge on any atom is -0.493 e. The summed E-state index contributed by atoms with van der Waals surface area (Å²) in [6.45, 7) is 0.349. The summed E-state index contributed by atoms with van der Waals surface area (Å²) >= 11 is 0. The van der Waals surface area contributed by atoms with E-state index in [-0.39, 0.29) is 84.7 Å². The number of ether oxygens (including phenoxy) is 4. The number of nitrogens with zero attached hydrogens (tertiary/aromatic N) is 5. The Kier molecular flexibility index (Phi) is 29.8. The molecule has 102 heavy (non-hydrogen) atoms. The van der Waals surface area contributed by atoms with Crippen LogP contribution in [0.25, 0.3) is 11.2 Å². The van der Waals surface area contributed by atoms with Gasteiger partial charge in [0, 0.05) is 54.0 Å². The molecule has 2 aromatic heterocycles. The number of carbonyl (C=O) groups excluding carboxylic acids is 8. The zero-order valence-corrected chi connectivity index (χ0v) is 56.2. The summed E-state index contributed by atoms with van der Waals surface area (Å²) < 4.78 is 22.0. The molecule has 41 nitrogen and oxygen atoms in total. The molecule has 8 atom stereocenters. The van der Waals surface area contributed by atoms with Gasteiger partial charge in [0.2, 0.25) is 35.5 Å². The number of carboxylic acid groups (broad SMARTS) is 5. The minimum absolute atomic E-state index is 0.0207. The lowest BCUT2D eigenvalue weighted by Crippen LogP contribution is -2.59. The molecule has 2 unspecified atom stereocenters. The molecule has 2 saturated heterocycles. The summed E-state index contributed by atoms with van der Waals surface area (Å²) in [6.07, 6.45) is -4.74. The zero-order chi connectivity index (χ0) is 74.9. The number of nitrogen functional groups attached to an aromatic ring is 2. The van der Waals surface area contributed by atoms with Crippen molar-refractivity contribution in [2.24, 2.45) is 5.73 Å². The molecule has 2 aliphatic rings. The van der Waals surface area contributed by atoms with Crippen LogP contribution in [0, 0.1) is 5.41 Å². The smallest absolute Gasteiger partial charge is 0.412 e. The van der Waals surface area contributed by atoms with Crippen LogP contribution >= 0.6 is 21.6 Å². The number of hydrogen-bond donors (Lipinski definition) is 18. The molecule has 4 aromatic rings. The molecular weight excluding hydrogens is 1390 g/mol. The van der Waals surface area contributed by atoms with Gasteiger partial charge in [-0.1, -0.05) is 21.6 Å². The number of amides is 8. The Morgan fingerprint density at radius 1 is 0.725 bits per heavy atom. The van der Waals surface area contributed by atoms with Crippen molar-refractivity contribution in [1.29, 1.82) is 5.41 Å². The summed E-state index contributed by atoms with van der Waals surface area (Å²) in [7, 11) is 4.74. The number of carboxylic acids is 5. The highest BCUT2D eigenvalue weighted by atomic mass is 33.1. The van der Waals surface area contributed by atoms with Crippen molar-refractivity contribution >= 4 is 133 Å². The van der Waals surface area contributed by atoms with Gasteiger partial charge in [-0.2, -0.15) is 4.98 Å². The lowest BCUT2D eigenvalue weighted by Gasteiger charge is -2.33. The molecule has 8 amide bonds. The van der Waals surface area contributed by atoms with Crippen LogP contribution in [0.2, 0.25) is 0 Å². The van der Waals surface area contributed by atoms with Crippen LogP contribution in [-0.2, 0) is 64.0 Å². The number of benzene rings is 2. The Labute approximate surface area is 585 Å². The van der Waals surface area contributed by atoms with Crippen LogP contribution in [0.4, 0.5) is 22.1 Å². The van der Waals surface area contributed by atoms with Crippen LogP contribution in [-0.4, -0.2) is 246 Å². The second-order valence-corrected chi connectivity index (χ2v) is 25.1. The van der Waals surface area contributed by atoms with Gasteiger partial charge in [0.1, 0.15) is 42.9 Å². The van der Waals surface area contributed by atoms with E-state index in [1.54, 1.807) is 4.90 Å². The number of aromatic amines is 1. The molecule has 2 aromatic carbocycles. The van der Waals surface area contributed by atoms with Crippen molar-refractivity contribution in [3.63, 3.8) is 0 Å². The summed E-state index contributed by atoms with van der Waals surface area (Å²) in [5, 5.41) is 75.0. The van der Waals surface area contributed by atoms with Crippen LogP contribution in [0.1, 0.15) is 84.2 Å². The van der Waals surface area contributed by atoms with Gasteiger partial charge < -0.3 is 109 Å². The Balaban J connectivity index is 1.01. The van der Waals surface area contributed by atoms with Gasteiger partial charge in [-0.25, -0.2) is 24.4 Å². The molecule has 43 heteroatoms. The van der Waals surface area contributed by atoms with E-state index in [0.717, 1.165) is 21.6 Å². The monoisotopic (exact) mass is 1470 g/mol. The summed E-state index contributed by atoms with van der Waals surface area (Å²) in [6, 6.07) is -3.65. The number of hydrogen-bond acceptors (Lipinski definition) is 27. The molecule has 0 bridgehead atoms. The van der Waals surface area contributed by atoms with Crippen LogP contribution < -0.4 is 74.8 Å². The number of nitrogens with one attached hydrogen (secondary N) is 10. The molecule has 0 spiro atoms. The predicted molar refractivity (Wildman–Crippen MR) is 358 cm³/mol. The van der Waals surface area contributed by atoms with E-state index < -0.39 is 182 Å². The van der Waals surface area contributed by atoms with Crippen molar-refractivity contribution in [2.45, 2.75) is 113 Å². The first-order chi connectivity index (χ1) is 48.5. The summed E-state index contributed by atoms with van der Waals surface area (Å²) in [4.78, 5) is 199. The number of aromatic nitrogens is 4. The molecule has 0 radical (unpaired) electrons. The Bertz CT molecular complexity index is 3850. The van der Waals surface area contributed by atoms with Gasteiger partial charge >= 0.3 is 35.9 Å². The van der Waals surface area contributed by atoms with Gasteiger partial charge in [0.25, 0.3) is 17.4 Å². The lowest BCUT2D eigenvalue weighted by molar-refractivity contribution is -0.144. The molecule has 552 valence electrons. The van der Waals surface area contributed by atoms with Crippen LogP contribution in [0.5, 0.6) is 11.5 Å². The zero-order valence-electron chi connectivity index (χ0n) is 54.6. The van der Waals surface area contributed by atoms with Gasteiger partial charge in [0.15, 0.2) is 34.9 Å². The molecule has 6 rings (SSSR count).